The van der Waals surface area contributed by atoms with Gasteiger partial charge in [-0.2, -0.15) is 0 Å². The molecule has 1 aliphatic heterocycles. The largest absolute Gasteiger partial charge is 0.340 e. The summed E-state index contributed by atoms with van der Waals surface area (Å²) in [4.78, 5) is 25.3. The molecule has 1 aromatic rings. The van der Waals surface area contributed by atoms with Crippen LogP contribution in [0, 0.1) is 6.92 Å². The molecule has 0 radical (unpaired) electrons. The molecule has 1 aliphatic rings. The van der Waals surface area contributed by atoms with Crippen LogP contribution in [0.15, 0.2) is 10.2 Å². The van der Waals surface area contributed by atoms with Crippen LogP contribution >= 0.6 is 23.7 Å². The number of hydrogen-bond donors (Lipinski definition) is 1. The minimum absolute atomic E-state index is 0. The van der Waals surface area contributed by atoms with Crippen LogP contribution in [0.2, 0.25) is 0 Å². The molecule has 5 nitrogen and oxygen atoms in total. The van der Waals surface area contributed by atoms with E-state index in [-0.39, 0.29) is 23.2 Å². The number of halogens is 1. The summed E-state index contributed by atoms with van der Waals surface area (Å²) in [7, 11) is 0. The molecule has 0 atom stereocenters. The van der Waals surface area contributed by atoms with Gasteiger partial charge in [0.05, 0.1) is 0 Å². The second-order valence-corrected chi connectivity index (χ2v) is 5.00. The van der Waals surface area contributed by atoms with E-state index >= 15 is 0 Å². The first-order valence-electron chi connectivity index (χ1n) is 5.82. The van der Waals surface area contributed by atoms with Crippen LogP contribution in [0.4, 0.5) is 0 Å². The molecule has 1 amide bonds. The Morgan fingerprint density at radius 2 is 2.11 bits per heavy atom. The second-order valence-electron chi connectivity index (χ2n) is 4.18. The van der Waals surface area contributed by atoms with E-state index in [0.29, 0.717) is 13.0 Å². The molecule has 2 heterocycles. The summed E-state index contributed by atoms with van der Waals surface area (Å²) in [6, 6.07) is 0. The molecule has 0 spiro atoms. The van der Waals surface area contributed by atoms with Gasteiger partial charge in [0.25, 0.3) is 0 Å². The summed E-state index contributed by atoms with van der Waals surface area (Å²) < 4.78 is 1.67. The Morgan fingerprint density at radius 3 is 2.67 bits per heavy atom. The van der Waals surface area contributed by atoms with E-state index in [1.54, 1.807) is 4.57 Å². The van der Waals surface area contributed by atoms with Crippen molar-refractivity contribution in [3.8, 4) is 0 Å². The number of amides is 1. The highest BCUT2D eigenvalue weighted by Gasteiger charge is 2.16. The van der Waals surface area contributed by atoms with Crippen molar-refractivity contribution < 1.29 is 4.79 Å². The van der Waals surface area contributed by atoms with Crippen LogP contribution in [-0.2, 0) is 11.3 Å². The Morgan fingerprint density at radius 1 is 1.44 bits per heavy atom. The van der Waals surface area contributed by atoms with Crippen molar-refractivity contribution >= 4 is 29.7 Å². The molecule has 102 valence electrons. The Hall–Kier alpha value is -0.850. The number of nitrogens with one attached hydrogen (secondary N) is 1. The van der Waals surface area contributed by atoms with E-state index in [9.17, 15) is 9.59 Å². The number of piperazine rings is 1. The normalized spacial score (nSPS) is 15.3. The van der Waals surface area contributed by atoms with Gasteiger partial charge < -0.3 is 14.8 Å². The number of aryl methyl sites for hydroxylation is 1. The standard InChI is InChI=1S/C11H17N3O2S.ClH/c1-9-8-17-11(16)14(9)5-2-10(15)13-6-3-12-4-7-13;/h8,12H,2-7H2,1H3;1H. The average Bonchev–Trinajstić information content (AvgIpc) is 2.67. The second kappa shape index (κ2) is 6.92. The van der Waals surface area contributed by atoms with E-state index in [2.05, 4.69) is 5.32 Å². The van der Waals surface area contributed by atoms with E-state index in [1.165, 1.54) is 11.3 Å². The number of rotatable bonds is 3. The lowest BCUT2D eigenvalue weighted by atomic mass is 10.3. The van der Waals surface area contributed by atoms with Crippen LogP contribution in [0.1, 0.15) is 12.1 Å². The van der Waals surface area contributed by atoms with Gasteiger partial charge in [-0.3, -0.25) is 9.59 Å². The summed E-state index contributed by atoms with van der Waals surface area (Å²) >= 11 is 1.19. The Kier molecular flexibility index (Phi) is 5.84. The monoisotopic (exact) mass is 291 g/mol. The van der Waals surface area contributed by atoms with Crippen LogP contribution in [0.25, 0.3) is 0 Å². The number of nitrogens with zero attached hydrogens (tertiary/aromatic N) is 2. The maximum atomic E-state index is 11.9. The fourth-order valence-electron chi connectivity index (χ4n) is 1.95. The van der Waals surface area contributed by atoms with Gasteiger partial charge in [-0.25, -0.2) is 0 Å². The summed E-state index contributed by atoms with van der Waals surface area (Å²) in [6.45, 7) is 5.67. The highest BCUT2D eigenvalue weighted by Crippen LogP contribution is 2.03. The Balaban J connectivity index is 0.00000162. The van der Waals surface area contributed by atoms with Gasteiger partial charge in [0.15, 0.2) is 0 Å². The van der Waals surface area contributed by atoms with Gasteiger partial charge in [-0.15, -0.1) is 12.4 Å². The predicted molar refractivity (Wildman–Crippen MR) is 74.6 cm³/mol. The number of thiazole rings is 1. The molecule has 0 aromatic carbocycles. The van der Waals surface area contributed by atoms with Gasteiger partial charge in [-0.05, 0) is 6.92 Å². The molecule has 0 aliphatic carbocycles. The molecule has 1 fully saturated rings. The smallest absolute Gasteiger partial charge is 0.307 e. The maximum absolute atomic E-state index is 11.9. The Bertz CT molecular complexity index is 451. The third kappa shape index (κ3) is 3.57. The van der Waals surface area contributed by atoms with Crippen molar-refractivity contribution in [1.29, 1.82) is 0 Å². The first-order valence-corrected chi connectivity index (χ1v) is 6.70. The first-order chi connectivity index (χ1) is 8.18. The zero-order chi connectivity index (χ0) is 12.3. The van der Waals surface area contributed by atoms with Gasteiger partial charge in [0.1, 0.15) is 0 Å². The van der Waals surface area contributed by atoms with Crippen LogP contribution in [-0.4, -0.2) is 41.6 Å². The molecule has 1 N–H and O–H groups in total. The minimum Gasteiger partial charge on any atom is -0.340 e. The predicted octanol–water partition coefficient (Wildman–Crippen LogP) is 0.462. The average molecular weight is 292 g/mol. The number of hydrogen-bond acceptors (Lipinski definition) is 4. The summed E-state index contributed by atoms with van der Waals surface area (Å²) in [5.74, 6) is 0.143. The van der Waals surface area contributed by atoms with Crippen LogP contribution < -0.4 is 10.2 Å². The summed E-state index contributed by atoms with van der Waals surface area (Å²) in [6.07, 6.45) is 0.414. The summed E-state index contributed by atoms with van der Waals surface area (Å²) in [5, 5.41) is 5.04. The molecule has 2 rings (SSSR count). The molecule has 1 aromatic heterocycles. The topological polar surface area (TPSA) is 54.3 Å². The molecule has 0 unspecified atom stereocenters. The van der Waals surface area contributed by atoms with Crippen molar-refractivity contribution in [1.82, 2.24) is 14.8 Å². The minimum atomic E-state index is 0. The van der Waals surface area contributed by atoms with Gasteiger partial charge >= 0.3 is 4.87 Å². The maximum Gasteiger partial charge on any atom is 0.307 e. The summed E-state index contributed by atoms with van der Waals surface area (Å²) in [5.41, 5.74) is 0.938. The lowest BCUT2D eigenvalue weighted by Gasteiger charge is -2.27. The van der Waals surface area contributed by atoms with Crippen molar-refractivity contribution in [3.63, 3.8) is 0 Å². The van der Waals surface area contributed by atoms with Gasteiger partial charge in [0.2, 0.25) is 5.91 Å². The molecular weight excluding hydrogens is 274 g/mol. The number of aromatic nitrogens is 1. The third-order valence-corrected chi connectivity index (χ3v) is 3.88. The van der Waals surface area contributed by atoms with E-state index in [1.807, 2.05) is 17.2 Å². The van der Waals surface area contributed by atoms with Gasteiger partial charge in [-0.1, -0.05) is 11.3 Å². The van der Waals surface area contributed by atoms with E-state index in [4.69, 9.17) is 0 Å². The highest BCUT2D eigenvalue weighted by atomic mass is 35.5. The van der Waals surface area contributed by atoms with Crippen LogP contribution in [0.5, 0.6) is 0 Å². The molecule has 0 saturated carbocycles. The van der Waals surface area contributed by atoms with Crippen molar-refractivity contribution in [2.45, 2.75) is 19.9 Å². The first kappa shape index (κ1) is 15.2. The number of carbonyl (C=O) groups excluding carboxylic acids is 1. The zero-order valence-corrected chi connectivity index (χ0v) is 12.0. The number of carbonyl (C=O) groups is 1. The zero-order valence-electron chi connectivity index (χ0n) is 10.3. The molecule has 18 heavy (non-hydrogen) atoms. The fourth-order valence-corrected chi connectivity index (χ4v) is 2.72. The van der Waals surface area contributed by atoms with Crippen LogP contribution in [0.3, 0.4) is 0 Å². The molecular formula is C11H18ClN3O2S. The lowest BCUT2D eigenvalue weighted by molar-refractivity contribution is -0.132. The highest BCUT2D eigenvalue weighted by molar-refractivity contribution is 7.07. The van der Waals surface area contributed by atoms with Crippen molar-refractivity contribution in [2.75, 3.05) is 26.2 Å². The molecule has 0 bridgehead atoms. The fraction of sp³-hybridized carbons (Fsp3) is 0.636. The van der Waals surface area contributed by atoms with Gasteiger partial charge in [0, 0.05) is 50.2 Å². The third-order valence-electron chi connectivity index (χ3n) is 3.00. The van der Waals surface area contributed by atoms with E-state index in [0.717, 1.165) is 31.9 Å². The quantitative estimate of drug-likeness (QED) is 0.880. The van der Waals surface area contributed by atoms with E-state index < -0.39 is 0 Å². The molecule has 1 saturated heterocycles. The Labute approximate surface area is 116 Å². The van der Waals surface area contributed by atoms with Crippen molar-refractivity contribution in [2.24, 2.45) is 0 Å². The SMILES string of the molecule is Cc1csc(=O)n1CCC(=O)N1CCNCC1.Cl. The van der Waals surface area contributed by atoms with Crippen molar-refractivity contribution in [3.05, 3.63) is 20.7 Å². The lowest BCUT2D eigenvalue weighted by Crippen LogP contribution is -2.46. The molecule has 7 heteroatoms.